The van der Waals surface area contributed by atoms with Crippen LogP contribution in [0.15, 0.2) is 36.8 Å². The number of fused-ring (bicyclic) bond motifs is 1. The van der Waals surface area contributed by atoms with Crippen LogP contribution in [0.5, 0.6) is 0 Å². The van der Waals surface area contributed by atoms with Gasteiger partial charge in [-0.1, -0.05) is 12.2 Å². The van der Waals surface area contributed by atoms with Crippen molar-refractivity contribution in [1.29, 1.82) is 0 Å². The molecule has 0 saturated heterocycles. The predicted molar refractivity (Wildman–Crippen MR) is 103 cm³/mol. The molecule has 1 amide bonds. The first-order chi connectivity index (χ1) is 14.7. The molecule has 1 N–H and O–H groups in total. The largest absolute Gasteiger partial charge is 0.490 e. The Balaban J connectivity index is 0.000000339. The van der Waals surface area contributed by atoms with Crippen molar-refractivity contribution < 1.29 is 27.9 Å². The molecule has 31 heavy (non-hydrogen) atoms. The maximum Gasteiger partial charge on any atom is 0.490 e. The lowest BCUT2D eigenvalue weighted by atomic mass is 10.2. The summed E-state index contributed by atoms with van der Waals surface area (Å²) in [6, 6.07) is 1.90. The van der Waals surface area contributed by atoms with E-state index in [1.165, 1.54) is 0 Å². The molecular weight excluding hydrogens is 417 g/mol. The first-order valence-electron chi connectivity index (χ1n) is 9.49. The summed E-state index contributed by atoms with van der Waals surface area (Å²) in [5.74, 6) is -0.935. The van der Waals surface area contributed by atoms with Crippen LogP contribution in [0, 0.1) is 0 Å². The van der Waals surface area contributed by atoms with E-state index in [9.17, 15) is 18.0 Å². The second kappa shape index (κ2) is 9.14. The summed E-state index contributed by atoms with van der Waals surface area (Å²) >= 11 is 0. The zero-order chi connectivity index (χ0) is 22.6. The highest BCUT2D eigenvalue weighted by atomic mass is 19.4. The number of halogens is 3. The molecule has 2 aromatic rings. The van der Waals surface area contributed by atoms with Crippen molar-refractivity contribution in [1.82, 2.24) is 24.4 Å². The van der Waals surface area contributed by atoms with Crippen LogP contribution < -0.4 is 4.90 Å². The number of carbonyl (C=O) groups is 2. The summed E-state index contributed by atoms with van der Waals surface area (Å²) in [7, 11) is 0. The number of nitrogens with zero attached hydrogens (tertiary/aromatic N) is 6. The Morgan fingerprint density at radius 3 is 2.35 bits per heavy atom. The number of carboxylic acid groups (broad SMARTS) is 1. The summed E-state index contributed by atoms with van der Waals surface area (Å²) in [6.45, 7) is 5.18. The molecule has 1 unspecified atom stereocenters. The van der Waals surface area contributed by atoms with Crippen molar-refractivity contribution in [3.8, 4) is 0 Å². The number of aliphatic carboxylic acids is 1. The Morgan fingerprint density at radius 1 is 1.16 bits per heavy atom. The van der Waals surface area contributed by atoms with E-state index in [0.717, 1.165) is 30.6 Å². The molecule has 0 fully saturated rings. The zero-order valence-electron chi connectivity index (χ0n) is 16.7. The summed E-state index contributed by atoms with van der Waals surface area (Å²) in [4.78, 5) is 38.6. The van der Waals surface area contributed by atoms with Gasteiger partial charge >= 0.3 is 12.1 Å². The minimum Gasteiger partial charge on any atom is -0.475 e. The highest BCUT2D eigenvalue weighted by Crippen LogP contribution is 2.27. The average molecular weight is 438 g/mol. The second-order valence-electron chi connectivity index (χ2n) is 6.95. The molecular formula is C19H21F3N6O3. The smallest absolute Gasteiger partial charge is 0.475 e. The van der Waals surface area contributed by atoms with Gasteiger partial charge in [-0.2, -0.15) is 13.2 Å². The molecule has 4 heterocycles. The second-order valence-corrected chi connectivity index (χ2v) is 6.95. The summed E-state index contributed by atoms with van der Waals surface area (Å²) in [5.41, 5.74) is 0.838. The molecule has 166 valence electrons. The number of alkyl halides is 3. The molecule has 0 aliphatic carbocycles. The number of amides is 1. The van der Waals surface area contributed by atoms with Gasteiger partial charge in [0.05, 0.1) is 18.2 Å². The minimum atomic E-state index is -5.08. The fourth-order valence-electron chi connectivity index (χ4n) is 3.29. The average Bonchev–Trinajstić information content (AvgIpc) is 3.39. The highest BCUT2D eigenvalue weighted by molar-refractivity contribution is 5.79. The standard InChI is InChI=1S/C17H20N6O.C2HF3O2/c1-13-16-20-14(11-15(24)21-7-2-3-8-21)12-22(16)9-10-23(13)17-18-5-4-6-19-17;3-2(4,5)1(6)7/h2-6,12-13H,7-11H2,1H3;(H,6,7). The topological polar surface area (TPSA) is 104 Å². The van der Waals surface area contributed by atoms with Crippen molar-refractivity contribution in [2.24, 2.45) is 0 Å². The van der Waals surface area contributed by atoms with Gasteiger partial charge in [0.25, 0.3) is 0 Å². The van der Waals surface area contributed by atoms with Gasteiger partial charge in [0.2, 0.25) is 11.9 Å². The van der Waals surface area contributed by atoms with Gasteiger partial charge in [-0.3, -0.25) is 4.79 Å². The lowest BCUT2D eigenvalue weighted by molar-refractivity contribution is -0.192. The van der Waals surface area contributed by atoms with E-state index in [2.05, 4.69) is 26.4 Å². The number of carboxylic acids is 1. The van der Waals surface area contributed by atoms with E-state index in [1.807, 2.05) is 29.3 Å². The Bertz CT molecular complexity index is 953. The number of carbonyl (C=O) groups excluding carboxylic acids is 1. The minimum absolute atomic E-state index is 0.0819. The number of aromatic nitrogens is 4. The highest BCUT2D eigenvalue weighted by Gasteiger charge is 2.38. The van der Waals surface area contributed by atoms with E-state index >= 15 is 0 Å². The fraction of sp³-hybridized carbons (Fsp3) is 0.421. The quantitative estimate of drug-likeness (QED) is 0.729. The van der Waals surface area contributed by atoms with Gasteiger partial charge in [-0.05, 0) is 13.0 Å². The lowest BCUT2D eigenvalue weighted by Gasteiger charge is -2.33. The van der Waals surface area contributed by atoms with Gasteiger partial charge < -0.3 is 19.5 Å². The Labute approximate surface area is 175 Å². The molecule has 9 nitrogen and oxygen atoms in total. The van der Waals surface area contributed by atoms with Crippen molar-refractivity contribution in [3.05, 3.63) is 48.3 Å². The van der Waals surface area contributed by atoms with Gasteiger partial charge in [-0.25, -0.2) is 19.7 Å². The van der Waals surface area contributed by atoms with Crippen molar-refractivity contribution in [2.45, 2.75) is 32.1 Å². The van der Waals surface area contributed by atoms with Crippen LogP contribution in [0.3, 0.4) is 0 Å². The molecule has 1 atom stereocenters. The molecule has 0 spiro atoms. The van der Waals surface area contributed by atoms with Crippen LogP contribution in [0.1, 0.15) is 24.5 Å². The molecule has 2 aliphatic rings. The maximum atomic E-state index is 12.3. The third-order valence-corrected chi connectivity index (χ3v) is 4.84. The molecule has 0 saturated carbocycles. The van der Waals surface area contributed by atoms with Gasteiger partial charge in [0.1, 0.15) is 5.82 Å². The van der Waals surface area contributed by atoms with Crippen LogP contribution in [0.4, 0.5) is 19.1 Å². The third-order valence-electron chi connectivity index (χ3n) is 4.84. The molecule has 2 aliphatic heterocycles. The van der Waals surface area contributed by atoms with E-state index in [-0.39, 0.29) is 11.9 Å². The lowest BCUT2D eigenvalue weighted by Crippen LogP contribution is -2.37. The van der Waals surface area contributed by atoms with E-state index in [4.69, 9.17) is 14.9 Å². The Morgan fingerprint density at radius 2 is 1.77 bits per heavy atom. The summed E-state index contributed by atoms with van der Waals surface area (Å²) in [5, 5.41) is 7.12. The molecule has 12 heteroatoms. The maximum absolute atomic E-state index is 12.3. The van der Waals surface area contributed by atoms with Crippen molar-refractivity contribution >= 4 is 17.8 Å². The van der Waals surface area contributed by atoms with Crippen molar-refractivity contribution in [3.63, 3.8) is 0 Å². The number of hydrogen-bond donors (Lipinski definition) is 1. The number of imidazole rings is 1. The monoisotopic (exact) mass is 438 g/mol. The first kappa shape index (κ1) is 22.2. The number of anilines is 1. The molecule has 2 aromatic heterocycles. The van der Waals surface area contributed by atoms with Crippen LogP contribution in [0.25, 0.3) is 0 Å². The van der Waals surface area contributed by atoms with Gasteiger partial charge in [-0.15, -0.1) is 0 Å². The van der Waals surface area contributed by atoms with Crippen LogP contribution in [-0.2, 0) is 22.6 Å². The van der Waals surface area contributed by atoms with Crippen molar-refractivity contribution in [2.75, 3.05) is 24.5 Å². The van der Waals surface area contributed by atoms with Gasteiger partial charge in [0.15, 0.2) is 0 Å². The predicted octanol–water partition coefficient (Wildman–Crippen LogP) is 1.83. The van der Waals surface area contributed by atoms with Gasteiger partial charge in [0, 0.05) is 44.8 Å². The summed E-state index contributed by atoms with van der Waals surface area (Å²) in [6.07, 6.45) is 4.84. The zero-order valence-corrected chi connectivity index (χ0v) is 16.7. The first-order valence-corrected chi connectivity index (χ1v) is 9.49. The fourth-order valence-corrected chi connectivity index (χ4v) is 3.29. The van der Waals surface area contributed by atoms with E-state index in [1.54, 1.807) is 12.4 Å². The third kappa shape index (κ3) is 5.38. The normalized spacial score (nSPS) is 17.7. The van der Waals surface area contributed by atoms with Crippen LogP contribution in [0.2, 0.25) is 0 Å². The number of rotatable bonds is 3. The SMILES string of the molecule is CC1c2nc(CC(=O)N3CC=CC3)cn2CCN1c1ncccn1.O=C(O)C(F)(F)F. The molecule has 4 rings (SSSR count). The summed E-state index contributed by atoms with van der Waals surface area (Å²) < 4.78 is 33.9. The van der Waals surface area contributed by atoms with E-state index < -0.39 is 12.1 Å². The molecule has 0 aromatic carbocycles. The number of hydrogen-bond acceptors (Lipinski definition) is 6. The van der Waals surface area contributed by atoms with Crippen LogP contribution in [-0.4, -0.2) is 67.2 Å². The van der Waals surface area contributed by atoms with Crippen LogP contribution >= 0.6 is 0 Å². The van der Waals surface area contributed by atoms with E-state index in [0.29, 0.717) is 19.5 Å². The molecule has 0 bridgehead atoms. The Kier molecular flexibility index (Phi) is 6.56. The Hall–Kier alpha value is -3.44. The molecule has 0 radical (unpaired) electrons.